The van der Waals surface area contributed by atoms with Gasteiger partial charge in [-0.15, -0.1) is 0 Å². The maximum Gasteiger partial charge on any atom is 0.306 e. The number of para-hydroxylation sites is 1. The zero-order chi connectivity index (χ0) is 18.9. The van der Waals surface area contributed by atoms with Crippen molar-refractivity contribution in [1.82, 2.24) is 0 Å². The first-order chi connectivity index (χ1) is 12.5. The van der Waals surface area contributed by atoms with E-state index < -0.39 is 0 Å². The number of carbonyl (C=O) groups is 2. The lowest BCUT2D eigenvalue weighted by Crippen LogP contribution is -2.22. The Morgan fingerprint density at radius 3 is 2.81 bits per heavy atom. The molecule has 1 saturated heterocycles. The van der Waals surface area contributed by atoms with Crippen LogP contribution < -0.4 is 5.32 Å². The van der Waals surface area contributed by atoms with Crippen LogP contribution in [0.2, 0.25) is 0 Å². The Morgan fingerprint density at radius 1 is 1.31 bits per heavy atom. The molecular formula is C20H29NO3S2. The maximum absolute atomic E-state index is 12.2. The lowest BCUT2D eigenvalue weighted by atomic mass is 9.98. The summed E-state index contributed by atoms with van der Waals surface area (Å²) in [5, 5.41) is 3.64. The minimum absolute atomic E-state index is 0.222. The number of nitrogens with one attached hydrogen (secondary N) is 1. The number of hydrogen-bond donors (Lipinski definition) is 1. The van der Waals surface area contributed by atoms with Gasteiger partial charge in [-0.3, -0.25) is 9.59 Å². The molecule has 1 heterocycles. The predicted molar refractivity (Wildman–Crippen MR) is 112 cm³/mol. The molecule has 1 fully saturated rings. The fourth-order valence-corrected chi connectivity index (χ4v) is 5.97. The third-order valence-corrected chi connectivity index (χ3v) is 7.45. The van der Waals surface area contributed by atoms with Gasteiger partial charge in [-0.1, -0.05) is 60.1 Å². The van der Waals surface area contributed by atoms with Crippen molar-refractivity contribution in [2.45, 2.75) is 64.0 Å². The van der Waals surface area contributed by atoms with Gasteiger partial charge in [0.15, 0.2) is 6.61 Å². The van der Waals surface area contributed by atoms with E-state index in [0.29, 0.717) is 12.3 Å². The van der Waals surface area contributed by atoms with Gasteiger partial charge in [0.25, 0.3) is 5.91 Å². The van der Waals surface area contributed by atoms with Crippen LogP contribution in [0.5, 0.6) is 0 Å². The molecule has 0 aliphatic carbocycles. The summed E-state index contributed by atoms with van der Waals surface area (Å²) in [6, 6.07) is 5.97. The number of anilines is 1. The summed E-state index contributed by atoms with van der Waals surface area (Å²) < 4.78 is 5.13. The third kappa shape index (κ3) is 6.88. The normalized spacial score (nSPS) is 16.7. The van der Waals surface area contributed by atoms with Crippen molar-refractivity contribution in [3.63, 3.8) is 0 Å². The summed E-state index contributed by atoms with van der Waals surface area (Å²) in [4.78, 5) is 24.0. The fourth-order valence-electron chi connectivity index (χ4n) is 2.94. The molecule has 1 aromatic rings. The zero-order valence-corrected chi connectivity index (χ0v) is 17.5. The molecule has 0 saturated carbocycles. The highest BCUT2D eigenvalue weighted by atomic mass is 33.1. The summed E-state index contributed by atoms with van der Waals surface area (Å²) in [7, 11) is 3.91. The molecular weight excluding hydrogens is 366 g/mol. The number of benzene rings is 1. The van der Waals surface area contributed by atoms with Crippen LogP contribution in [0.3, 0.4) is 0 Å². The van der Waals surface area contributed by atoms with Crippen molar-refractivity contribution < 1.29 is 14.3 Å². The Morgan fingerprint density at radius 2 is 2.12 bits per heavy atom. The van der Waals surface area contributed by atoms with E-state index in [4.69, 9.17) is 4.74 Å². The number of amides is 1. The highest BCUT2D eigenvalue weighted by Gasteiger charge is 2.16. The average molecular weight is 396 g/mol. The predicted octanol–water partition coefficient (Wildman–Crippen LogP) is 5.31. The molecule has 0 spiro atoms. The van der Waals surface area contributed by atoms with Crippen LogP contribution in [0.4, 0.5) is 5.69 Å². The molecule has 0 radical (unpaired) electrons. The summed E-state index contributed by atoms with van der Waals surface area (Å²) in [6.45, 7) is 5.93. The summed E-state index contributed by atoms with van der Waals surface area (Å²) >= 11 is 0. The van der Waals surface area contributed by atoms with E-state index in [1.54, 1.807) is 0 Å². The molecule has 1 atom stereocenters. The van der Waals surface area contributed by atoms with Crippen LogP contribution in [0.25, 0.3) is 0 Å². The van der Waals surface area contributed by atoms with Gasteiger partial charge >= 0.3 is 5.97 Å². The summed E-state index contributed by atoms with van der Waals surface area (Å²) in [6.07, 6.45) is 4.70. The Bertz CT molecular complexity index is 613. The maximum atomic E-state index is 12.2. The number of esters is 1. The Kier molecular flexibility index (Phi) is 8.85. The van der Waals surface area contributed by atoms with Crippen LogP contribution in [-0.4, -0.2) is 29.5 Å². The average Bonchev–Trinajstić information content (AvgIpc) is 3.12. The van der Waals surface area contributed by atoms with E-state index in [2.05, 4.69) is 19.2 Å². The van der Waals surface area contributed by atoms with Crippen LogP contribution in [0.1, 0.15) is 63.0 Å². The van der Waals surface area contributed by atoms with E-state index in [1.807, 2.05) is 46.7 Å². The number of aryl methyl sites for hydroxylation is 1. The van der Waals surface area contributed by atoms with E-state index in [0.717, 1.165) is 41.3 Å². The van der Waals surface area contributed by atoms with Gasteiger partial charge in [0.1, 0.15) is 0 Å². The lowest BCUT2D eigenvalue weighted by molar-refractivity contribution is -0.147. The number of unbranched alkanes of at least 4 members (excludes halogenated alkanes) is 1. The molecule has 0 bridgehead atoms. The van der Waals surface area contributed by atoms with E-state index >= 15 is 0 Å². The van der Waals surface area contributed by atoms with Gasteiger partial charge < -0.3 is 10.1 Å². The minimum atomic E-state index is -0.289. The van der Waals surface area contributed by atoms with Crippen LogP contribution >= 0.6 is 21.6 Å². The van der Waals surface area contributed by atoms with Crippen molar-refractivity contribution in [3.8, 4) is 0 Å². The molecule has 0 unspecified atom stereocenters. The molecule has 2 rings (SSSR count). The standard InChI is InChI=1S/C20H29NO3S2/c1-14(2)17-9-6-7-15(3)20(17)21-18(22)13-24-19(23)10-5-4-8-16-11-12-25-26-16/h6-7,9,14,16H,4-5,8,10-13H2,1-3H3,(H,21,22)/t16-/m1/s1. The van der Waals surface area contributed by atoms with Crippen molar-refractivity contribution in [3.05, 3.63) is 29.3 Å². The van der Waals surface area contributed by atoms with Crippen LogP contribution in [-0.2, 0) is 14.3 Å². The van der Waals surface area contributed by atoms with Crippen molar-refractivity contribution >= 4 is 39.2 Å². The van der Waals surface area contributed by atoms with E-state index in [9.17, 15) is 9.59 Å². The Labute approximate surface area is 164 Å². The van der Waals surface area contributed by atoms with Gasteiger partial charge in [-0.05, 0) is 43.2 Å². The highest BCUT2D eigenvalue weighted by molar-refractivity contribution is 8.77. The second-order valence-corrected chi connectivity index (χ2v) is 9.76. The molecule has 1 amide bonds. The quantitative estimate of drug-likeness (QED) is 0.349. The fraction of sp³-hybridized carbons (Fsp3) is 0.600. The number of rotatable bonds is 9. The van der Waals surface area contributed by atoms with Gasteiger partial charge in [-0.2, -0.15) is 0 Å². The number of hydrogen-bond acceptors (Lipinski definition) is 5. The van der Waals surface area contributed by atoms with Gasteiger partial charge in [0, 0.05) is 23.1 Å². The van der Waals surface area contributed by atoms with E-state index in [1.165, 1.54) is 12.2 Å². The monoisotopic (exact) mass is 395 g/mol. The molecule has 1 aliphatic rings. The van der Waals surface area contributed by atoms with Gasteiger partial charge in [-0.25, -0.2) is 0 Å². The largest absolute Gasteiger partial charge is 0.456 e. The Hall–Kier alpha value is -1.14. The number of carbonyl (C=O) groups excluding carboxylic acids is 2. The molecule has 1 aliphatic heterocycles. The second-order valence-electron chi connectivity index (χ2n) is 6.98. The van der Waals surface area contributed by atoms with Gasteiger partial charge in [0.05, 0.1) is 0 Å². The lowest BCUT2D eigenvalue weighted by Gasteiger charge is -2.16. The van der Waals surface area contributed by atoms with Crippen molar-refractivity contribution in [2.24, 2.45) is 0 Å². The van der Waals surface area contributed by atoms with E-state index in [-0.39, 0.29) is 18.5 Å². The zero-order valence-electron chi connectivity index (χ0n) is 15.9. The first kappa shape index (κ1) is 21.2. The summed E-state index contributed by atoms with van der Waals surface area (Å²) in [5.41, 5.74) is 2.93. The van der Waals surface area contributed by atoms with Gasteiger partial charge in [0.2, 0.25) is 0 Å². The molecule has 26 heavy (non-hydrogen) atoms. The molecule has 1 aromatic carbocycles. The summed E-state index contributed by atoms with van der Waals surface area (Å²) in [5.74, 6) is 0.979. The first-order valence-corrected chi connectivity index (χ1v) is 11.7. The van der Waals surface area contributed by atoms with Crippen molar-refractivity contribution in [1.29, 1.82) is 0 Å². The molecule has 4 nitrogen and oxygen atoms in total. The molecule has 0 aromatic heterocycles. The second kappa shape index (κ2) is 10.9. The van der Waals surface area contributed by atoms with Crippen LogP contribution in [0, 0.1) is 6.92 Å². The van der Waals surface area contributed by atoms with Crippen molar-refractivity contribution in [2.75, 3.05) is 17.7 Å². The Balaban J connectivity index is 1.69. The first-order valence-electron chi connectivity index (χ1n) is 9.30. The SMILES string of the molecule is Cc1cccc(C(C)C)c1NC(=O)COC(=O)CCCC[C@@H]1CCSS1. The number of ether oxygens (including phenoxy) is 1. The minimum Gasteiger partial charge on any atom is -0.456 e. The smallest absolute Gasteiger partial charge is 0.306 e. The topological polar surface area (TPSA) is 55.4 Å². The molecule has 6 heteroatoms. The molecule has 144 valence electrons. The highest BCUT2D eigenvalue weighted by Crippen LogP contribution is 2.39. The molecule has 1 N–H and O–H groups in total. The van der Waals surface area contributed by atoms with Crippen LogP contribution in [0.15, 0.2) is 18.2 Å². The third-order valence-electron chi connectivity index (χ3n) is 4.44.